The fraction of sp³-hybridized carbons (Fsp3) is 0.364. The summed E-state index contributed by atoms with van der Waals surface area (Å²) in [6.07, 6.45) is -0.0740. The summed E-state index contributed by atoms with van der Waals surface area (Å²) in [4.78, 5) is 0. The summed E-state index contributed by atoms with van der Waals surface area (Å²) < 4.78 is 13.2. The molecule has 1 aromatic rings. The zero-order valence-corrected chi connectivity index (χ0v) is 7.76. The minimum atomic E-state index is -1.07. The average Bonchev–Trinajstić information content (AvgIpc) is 2.15. The van der Waals surface area contributed by atoms with Crippen molar-refractivity contribution in [1.82, 2.24) is 0 Å². The van der Waals surface area contributed by atoms with Crippen LogP contribution < -0.4 is 0 Å². The van der Waals surface area contributed by atoms with Gasteiger partial charge in [-0.15, -0.1) is 0 Å². The van der Waals surface area contributed by atoms with Crippen LogP contribution in [-0.2, 0) is 6.42 Å². The first-order valence-electron chi connectivity index (χ1n) is 4.43. The summed E-state index contributed by atoms with van der Waals surface area (Å²) in [6.45, 7) is 5.46. The first-order chi connectivity index (χ1) is 6.17. The monoisotopic (exact) mass is 181 g/mol. The van der Waals surface area contributed by atoms with E-state index in [2.05, 4.69) is 6.92 Å². The van der Waals surface area contributed by atoms with Crippen molar-refractivity contribution in [3.63, 3.8) is 0 Å². The van der Waals surface area contributed by atoms with E-state index in [0.29, 0.717) is 5.56 Å². The summed E-state index contributed by atoms with van der Waals surface area (Å²) >= 11 is 0. The fourth-order valence-corrected chi connectivity index (χ4v) is 1.25. The Hall–Kier alpha value is -1.05. The predicted octanol–water partition coefficient (Wildman–Crippen LogP) is 3.19. The SMILES string of the molecule is [CH2]CC(F)c1cc(O)cc(CC)c1. The number of phenols is 1. The Bertz CT molecular complexity index is 283. The first-order valence-corrected chi connectivity index (χ1v) is 4.43. The normalized spacial score (nSPS) is 12.8. The lowest BCUT2D eigenvalue weighted by Gasteiger charge is -2.08. The molecule has 0 saturated heterocycles. The van der Waals surface area contributed by atoms with Gasteiger partial charge in [0.1, 0.15) is 11.9 Å². The Labute approximate surface area is 78.2 Å². The molecule has 0 saturated carbocycles. The van der Waals surface area contributed by atoms with Crippen molar-refractivity contribution < 1.29 is 9.50 Å². The molecule has 1 radical (unpaired) electrons. The van der Waals surface area contributed by atoms with Gasteiger partial charge in [0, 0.05) is 0 Å². The molecule has 1 nitrogen and oxygen atoms in total. The van der Waals surface area contributed by atoms with Gasteiger partial charge in [-0.05, 0) is 36.1 Å². The highest BCUT2D eigenvalue weighted by Crippen LogP contribution is 2.25. The Morgan fingerprint density at radius 1 is 1.46 bits per heavy atom. The van der Waals surface area contributed by atoms with E-state index in [9.17, 15) is 9.50 Å². The van der Waals surface area contributed by atoms with E-state index in [4.69, 9.17) is 0 Å². The number of aryl methyl sites for hydroxylation is 1. The molecule has 1 N–H and O–H groups in total. The van der Waals surface area contributed by atoms with Crippen LogP contribution in [0.4, 0.5) is 4.39 Å². The number of rotatable bonds is 3. The number of aromatic hydroxyl groups is 1. The third kappa shape index (κ3) is 2.44. The topological polar surface area (TPSA) is 20.2 Å². The molecule has 71 valence electrons. The first kappa shape index (κ1) is 10.0. The van der Waals surface area contributed by atoms with Gasteiger partial charge in [-0.25, -0.2) is 4.39 Å². The van der Waals surface area contributed by atoms with E-state index in [0.717, 1.165) is 12.0 Å². The average molecular weight is 181 g/mol. The van der Waals surface area contributed by atoms with Crippen molar-refractivity contribution in [3.8, 4) is 5.75 Å². The summed E-state index contributed by atoms with van der Waals surface area (Å²) in [6, 6.07) is 4.88. The maximum absolute atomic E-state index is 13.2. The third-order valence-electron chi connectivity index (χ3n) is 2.02. The molecule has 0 fully saturated rings. The molecule has 0 heterocycles. The second kappa shape index (κ2) is 4.26. The predicted molar refractivity (Wildman–Crippen MR) is 51.3 cm³/mol. The molecule has 0 aromatic heterocycles. The van der Waals surface area contributed by atoms with Crippen molar-refractivity contribution >= 4 is 0 Å². The maximum Gasteiger partial charge on any atom is 0.125 e. The lowest BCUT2D eigenvalue weighted by Crippen LogP contribution is -1.91. The molecule has 0 spiro atoms. The van der Waals surface area contributed by atoms with Crippen LogP contribution in [0.15, 0.2) is 18.2 Å². The van der Waals surface area contributed by atoms with Gasteiger partial charge in [0.15, 0.2) is 0 Å². The highest BCUT2D eigenvalue weighted by Gasteiger charge is 2.08. The van der Waals surface area contributed by atoms with Gasteiger partial charge in [0.25, 0.3) is 0 Å². The molecule has 0 bridgehead atoms. The van der Waals surface area contributed by atoms with Crippen LogP contribution in [0.2, 0.25) is 0 Å². The maximum atomic E-state index is 13.2. The van der Waals surface area contributed by atoms with Gasteiger partial charge >= 0.3 is 0 Å². The van der Waals surface area contributed by atoms with Crippen molar-refractivity contribution in [2.75, 3.05) is 0 Å². The smallest absolute Gasteiger partial charge is 0.125 e. The second-order valence-electron chi connectivity index (χ2n) is 3.04. The molecule has 0 amide bonds. The van der Waals surface area contributed by atoms with E-state index in [1.165, 1.54) is 6.07 Å². The summed E-state index contributed by atoms with van der Waals surface area (Å²) in [7, 11) is 0. The highest BCUT2D eigenvalue weighted by atomic mass is 19.1. The van der Waals surface area contributed by atoms with E-state index in [1.807, 2.05) is 6.92 Å². The van der Waals surface area contributed by atoms with E-state index < -0.39 is 6.17 Å². The van der Waals surface area contributed by atoms with Gasteiger partial charge in [-0.1, -0.05) is 19.9 Å². The quantitative estimate of drug-likeness (QED) is 0.759. The van der Waals surface area contributed by atoms with Crippen molar-refractivity contribution in [2.24, 2.45) is 0 Å². The molecule has 0 aliphatic carbocycles. The third-order valence-corrected chi connectivity index (χ3v) is 2.02. The van der Waals surface area contributed by atoms with E-state index >= 15 is 0 Å². The number of hydrogen-bond donors (Lipinski definition) is 1. The van der Waals surface area contributed by atoms with Gasteiger partial charge in [-0.3, -0.25) is 0 Å². The van der Waals surface area contributed by atoms with Crippen LogP contribution in [0.3, 0.4) is 0 Å². The Morgan fingerprint density at radius 2 is 2.15 bits per heavy atom. The van der Waals surface area contributed by atoms with Crippen LogP contribution in [0, 0.1) is 6.92 Å². The van der Waals surface area contributed by atoms with Gasteiger partial charge in [0.05, 0.1) is 0 Å². The van der Waals surface area contributed by atoms with Crippen molar-refractivity contribution in [3.05, 3.63) is 36.2 Å². The Kier molecular flexibility index (Phi) is 3.29. The van der Waals surface area contributed by atoms with Gasteiger partial charge < -0.3 is 5.11 Å². The Morgan fingerprint density at radius 3 is 2.69 bits per heavy atom. The van der Waals surface area contributed by atoms with Crippen LogP contribution in [0.1, 0.15) is 30.6 Å². The standard InChI is InChI=1S/C11H14FO/c1-3-8-5-9(11(12)4-2)7-10(13)6-8/h5-7,11,13H,2-4H2,1H3. The van der Waals surface area contributed by atoms with Crippen molar-refractivity contribution in [1.29, 1.82) is 0 Å². The zero-order chi connectivity index (χ0) is 9.84. The molecule has 1 unspecified atom stereocenters. The molecule has 13 heavy (non-hydrogen) atoms. The molecule has 0 aliphatic heterocycles. The number of phenolic OH excluding ortho intramolecular Hbond substituents is 1. The minimum absolute atomic E-state index is 0.130. The molecule has 2 heteroatoms. The molecule has 1 atom stereocenters. The van der Waals surface area contributed by atoms with E-state index in [-0.39, 0.29) is 12.2 Å². The summed E-state index contributed by atoms with van der Waals surface area (Å²) in [5, 5.41) is 9.28. The number of halogens is 1. The molecular formula is C11H14FO. The fourth-order valence-electron chi connectivity index (χ4n) is 1.25. The second-order valence-corrected chi connectivity index (χ2v) is 3.04. The van der Waals surface area contributed by atoms with Crippen molar-refractivity contribution in [2.45, 2.75) is 25.9 Å². The summed E-state index contributed by atoms with van der Waals surface area (Å²) in [5.74, 6) is 0.130. The number of benzene rings is 1. The highest BCUT2D eigenvalue weighted by molar-refractivity contribution is 5.34. The van der Waals surface area contributed by atoms with Gasteiger partial charge in [0.2, 0.25) is 0 Å². The molecule has 1 rings (SSSR count). The molecule has 1 aromatic carbocycles. The zero-order valence-electron chi connectivity index (χ0n) is 7.76. The molecular weight excluding hydrogens is 167 g/mol. The van der Waals surface area contributed by atoms with Crippen LogP contribution in [0.5, 0.6) is 5.75 Å². The van der Waals surface area contributed by atoms with Gasteiger partial charge in [-0.2, -0.15) is 0 Å². The van der Waals surface area contributed by atoms with Crippen LogP contribution in [-0.4, -0.2) is 5.11 Å². The summed E-state index contributed by atoms with van der Waals surface area (Å²) in [5.41, 5.74) is 1.47. The number of alkyl halides is 1. The van der Waals surface area contributed by atoms with Crippen LogP contribution in [0.25, 0.3) is 0 Å². The lowest BCUT2D eigenvalue weighted by molar-refractivity contribution is 0.344. The number of hydrogen-bond acceptors (Lipinski definition) is 1. The van der Waals surface area contributed by atoms with Crippen LogP contribution >= 0.6 is 0 Å². The minimum Gasteiger partial charge on any atom is -0.508 e. The lowest BCUT2D eigenvalue weighted by atomic mass is 10.0. The largest absolute Gasteiger partial charge is 0.508 e. The molecule has 0 aliphatic rings. The Balaban J connectivity index is 3.01. The van der Waals surface area contributed by atoms with E-state index in [1.54, 1.807) is 12.1 Å².